The smallest absolute Gasteiger partial charge is 0.356 e. The fraction of sp³-hybridized carbons (Fsp3) is 0.500. The number of nitrogens with one attached hydrogen (secondary N) is 2. The van der Waals surface area contributed by atoms with Crippen LogP contribution >= 0.6 is 0 Å². The van der Waals surface area contributed by atoms with E-state index in [9.17, 15) is 43.9 Å². The number of nitrogens with zero attached hydrogens (tertiary/aromatic N) is 2. The fourth-order valence-electron chi connectivity index (χ4n) is 4.06. The van der Waals surface area contributed by atoms with Crippen LogP contribution in [-0.2, 0) is 27.5 Å². The van der Waals surface area contributed by atoms with E-state index in [0.717, 1.165) is 31.0 Å². The first kappa shape index (κ1) is 30.4. The molecule has 0 saturated carbocycles. The Morgan fingerprint density at radius 3 is 2.31 bits per heavy atom. The van der Waals surface area contributed by atoms with Crippen molar-refractivity contribution in [2.75, 3.05) is 28.5 Å². The molecule has 7 nitrogen and oxygen atoms in total. The van der Waals surface area contributed by atoms with Crippen LogP contribution in [0.1, 0.15) is 49.4 Å². The zero-order chi connectivity index (χ0) is 29.2. The molecule has 1 saturated heterocycles. The third-order valence-corrected chi connectivity index (χ3v) is 7.53. The molecule has 1 aromatic heterocycles. The second-order valence-electron chi connectivity index (χ2n) is 9.50. The number of hydrogen-bond acceptors (Lipinski definition) is 5. The number of piperidine rings is 1. The first-order valence-electron chi connectivity index (χ1n) is 11.9. The number of aromatic nitrogens is 1. The van der Waals surface area contributed by atoms with Crippen LogP contribution in [0.3, 0.4) is 0 Å². The lowest BCUT2D eigenvalue weighted by molar-refractivity contribution is -0.141. The van der Waals surface area contributed by atoms with Crippen LogP contribution in [0.5, 0.6) is 0 Å². The Bertz CT molecular complexity index is 1290. The van der Waals surface area contributed by atoms with E-state index >= 15 is 0 Å². The highest BCUT2D eigenvalue weighted by atomic mass is 32.2. The van der Waals surface area contributed by atoms with Crippen molar-refractivity contribution in [3.05, 3.63) is 53.0 Å². The predicted octanol–water partition coefficient (Wildman–Crippen LogP) is 5.20. The molecule has 39 heavy (non-hydrogen) atoms. The van der Waals surface area contributed by atoms with E-state index in [1.165, 1.54) is 23.8 Å². The summed E-state index contributed by atoms with van der Waals surface area (Å²) < 4.78 is 116. The van der Waals surface area contributed by atoms with Gasteiger partial charge in [0.25, 0.3) is 0 Å². The van der Waals surface area contributed by atoms with Gasteiger partial charge in [-0.1, -0.05) is 19.1 Å². The van der Waals surface area contributed by atoms with Crippen molar-refractivity contribution in [1.29, 1.82) is 0 Å². The highest BCUT2D eigenvalue weighted by molar-refractivity contribution is 7.92. The number of sulfonamides is 1. The Hall–Kier alpha value is -3.10. The van der Waals surface area contributed by atoms with Crippen LogP contribution in [-0.4, -0.2) is 44.3 Å². The minimum atomic E-state index is -5.02. The third kappa shape index (κ3) is 8.44. The number of alkyl halides is 6. The number of benzene rings is 1. The number of hydrogen-bond donors (Lipinski definition) is 2. The summed E-state index contributed by atoms with van der Waals surface area (Å²) in [5.74, 6) is -4.45. The zero-order valence-corrected chi connectivity index (χ0v) is 21.8. The lowest BCUT2D eigenvalue weighted by Crippen LogP contribution is -2.35. The Morgan fingerprint density at radius 2 is 1.74 bits per heavy atom. The minimum Gasteiger partial charge on any atom is -0.356 e. The van der Waals surface area contributed by atoms with Gasteiger partial charge in [-0.05, 0) is 49.4 Å². The number of carbonyl (C=O) groups is 1. The SMILES string of the molecule is CC1CCN(c2nc(C(F)(F)F)ccc2CNC(=O)C(C)c2ccc(NS(=O)(=O)CC(F)(F)F)c(F)c2)CC1. The number of carbonyl (C=O) groups excluding carboxylic acids is 1. The van der Waals surface area contributed by atoms with E-state index in [4.69, 9.17) is 0 Å². The summed E-state index contributed by atoms with van der Waals surface area (Å²) in [6.45, 7) is 4.31. The van der Waals surface area contributed by atoms with Crippen LogP contribution in [0.4, 0.5) is 42.2 Å². The highest BCUT2D eigenvalue weighted by Crippen LogP contribution is 2.32. The maximum absolute atomic E-state index is 14.5. The molecule has 1 aliphatic rings. The standard InChI is InChI=1S/C24H27F7N4O3S/c1-14-7-9-35(10-8-14)21-17(4-6-20(33-21)24(29,30)31)12-32-22(36)15(2)16-3-5-19(18(25)11-16)34-39(37,38)13-23(26,27)28/h3-6,11,14-15,34H,7-10,12-13H2,1-2H3,(H,32,36). The quantitative estimate of drug-likeness (QED) is 0.417. The van der Waals surface area contributed by atoms with Crippen molar-refractivity contribution in [1.82, 2.24) is 10.3 Å². The van der Waals surface area contributed by atoms with Gasteiger partial charge in [0, 0.05) is 25.2 Å². The van der Waals surface area contributed by atoms with Crippen molar-refractivity contribution in [3.63, 3.8) is 0 Å². The number of anilines is 2. The minimum absolute atomic E-state index is 0.0968. The molecule has 3 rings (SSSR count). The van der Waals surface area contributed by atoms with Crippen molar-refractivity contribution in [2.24, 2.45) is 5.92 Å². The maximum atomic E-state index is 14.5. The maximum Gasteiger partial charge on any atom is 0.433 e. The Kier molecular flexibility index (Phi) is 9.02. The molecule has 1 aliphatic heterocycles. The number of pyridine rings is 1. The second-order valence-corrected chi connectivity index (χ2v) is 11.2. The lowest BCUT2D eigenvalue weighted by Gasteiger charge is -2.33. The number of halogens is 7. The Morgan fingerprint density at radius 1 is 1.10 bits per heavy atom. The van der Waals surface area contributed by atoms with Crippen LogP contribution < -0.4 is 14.9 Å². The van der Waals surface area contributed by atoms with E-state index in [1.54, 1.807) is 4.90 Å². The molecule has 1 fully saturated rings. The van der Waals surface area contributed by atoms with Crippen LogP contribution in [0.25, 0.3) is 0 Å². The van der Waals surface area contributed by atoms with Gasteiger partial charge in [0.2, 0.25) is 15.9 Å². The molecule has 0 radical (unpaired) electrons. The molecule has 1 unspecified atom stereocenters. The van der Waals surface area contributed by atoms with Crippen LogP contribution in [0.15, 0.2) is 30.3 Å². The third-order valence-electron chi connectivity index (χ3n) is 6.29. The largest absolute Gasteiger partial charge is 0.433 e. The predicted molar refractivity (Wildman–Crippen MR) is 130 cm³/mol. The average molecular weight is 585 g/mol. The Balaban J connectivity index is 1.73. The summed E-state index contributed by atoms with van der Waals surface area (Å²) in [6, 6.07) is 4.97. The van der Waals surface area contributed by atoms with Gasteiger partial charge in [-0.15, -0.1) is 0 Å². The van der Waals surface area contributed by atoms with Gasteiger partial charge in [-0.2, -0.15) is 26.3 Å². The molecule has 2 heterocycles. The molecule has 15 heteroatoms. The van der Waals surface area contributed by atoms with Crippen molar-refractivity contribution >= 4 is 27.4 Å². The molecule has 2 aromatic rings. The van der Waals surface area contributed by atoms with Crippen molar-refractivity contribution in [3.8, 4) is 0 Å². The summed E-state index contributed by atoms with van der Waals surface area (Å²) in [4.78, 5) is 18.3. The fourth-order valence-corrected chi connectivity index (χ4v) is 5.06. The van der Waals surface area contributed by atoms with Gasteiger partial charge in [-0.25, -0.2) is 17.8 Å². The number of rotatable bonds is 8. The van der Waals surface area contributed by atoms with E-state index < -0.39 is 57.2 Å². The van der Waals surface area contributed by atoms with E-state index in [-0.39, 0.29) is 17.9 Å². The lowest BCUT2D eigenvalue weighted by atomic mass is 9.98. The van der Waals surface area contributed by atoms with Crippen LogP contribution in [0, 0.1) is 11.7 Å². The normalized spacial score (nSPS) is 16.2. The molecule has 0 spiro atoms. The first-order valence-corrected chi connectivity index (χ1v) is 13.6. The van der Waals surface area contributed by atoms with E-state index in [1.807, 2.05) is 6.92 Å². The molecule has 1 aromatic carbocycles. The van der Waals surface area contributed by atoms with Gasteiger partial charge in [-0.3, -0.25) is 9.52 Å². The monoisotopic (exact) mass is 584 g/mol. The molecule has 2 N–H and O–H groups in total. The molecule has 0 bridgehead atoms. The summed E-state index contributed by atoms with van der Waals surface area (Å²) in [5.41, 5.74) is -1.31. The molecular weight excluding hydrogens is 557 g/mol. The molecule has 1 atom stereocenters. The van der Waals surface area contributed by atoms with Gasteiger partial charge in [0.05, 0.1) is 11.6 Å². The first-order chi connectivity index (χ1) is 17.9. The second kappa shape index (κ2) is 11.6. The zero-order valence-electron chi connectivity index (χ0n) is 21.0. The van der Waals surface area contributed by atoms with Crippen molar-refractivity contribution in [2.45, 2.75) is 51.5 Å². The van der Waals surface area contributed by atoms with Crippen molar-refractivity contribution < 1.29 is 43.9 Å². The number of amides is 1. The highest BCUT2D eigenvalue weighted by Gasteiger charge is 2.36. The summed E-state index contributed by atoms with van der Waals surface area (Å²) in [6.07, 6.45) is -8.13. The topological polar surface area (TPSA) is 91.4 Å². The average Bonchev–Trinajstić information content (AvgIpc) is 2.81. The van der Waals surface area contributed by atoms with Gasteiger partial charge in [0.1, 0.15) is 17.3 Å². The van der Waals surface area contributed by atoms with E-state index in [0.29, 0.717) is 24.6 Å². The summed E-state index contributed by atoms with van der Waals surface area (Å²) >= 11 is 0. The van der Waals surface area contributed by atoms with Gasteiger partial charge >= 0.3 is 12.4 Å². The summed E-state index contributed by atoms with van der Waals surface area (Å²) in [7, 11) is -4.91. The molecular formula is C24H27F7N4O3S. The van der Waals surface area contributed by atoms with Crippen LogP contribution in [0.2, 0.25) is 0 Å². The van der Waals surface area contributed by atoms with Gasteiger partial charge < -0.3 is 10.2 Å². The molecule has 1 amide bonds. The Labute approximate surface area is 220 Å². The molecule has 216 valence electrons. The molecule has 0 aliphatic carbocycles. The van der Waals surface area contributed by atoms with Gasteiger partial charge in [0.15, 0.2) is 5.75 Å². The summed E-state index contributed by atoms with van der Waals surface area (Å²) in [5, 5.41) is 2.60. The van der Waals surface area contributed by atoms with E-state index in [2.05, 4.69) is 10.3 Å².